The van der Waals surface area contributed by atoms with Crippen molar-refractivity contribution in [2.24, 2.45) is 0 Å². The molecule has 0 fully saturated rings. The summed E-state index contributed by atoms with van der Waals surface area (Å²) in [5.74, 6) is 0.242. The maximum Gasteiger partial charge on any atom is 0.259 e. The van der Waals surface area contributed by atoms with Crippen LogP contribution >= 0.6 is 0 Å². The molecule has 0 saturated carbocycles. The first-order valence-corrected chi connectivity index (χ1v) is 7.89. The van der Waals surface area contributed by atoms with Crippen molar-refractivity contribution in [3.8, 4) is 11.9 Å². The minimum absolute atomic E-state index is 0.106. The van der Waals surface area contributed by atoms with E-state index in [1.165, 1.54) is 7.11 Å². The van der Waals surface area contributed by atoms with Crippen molar-refractivity contribution < 1.29 is 9.53 Å². The summed E-state index contributed by atoms with van der Waals surface area (Å²) in [6.07, 6.45) is 0.851. The third-order valence-corrected chi connectivity index (χ3v) is 3.66. The molecule has 24 heavy (non-hydrogen) atoms. The second-order valence-corrected chi connectivity index (χ2v) is 5.54. The van der Waals surface area contributed by atoms with Gasteiger partial charge in [-0.3, -0.25) is 4.79 Å². The molecule has 0 bridgehead atoms. The van der Waals surface area contributed by atoms with Crippen molar-refractivity contribution in [3.63, 3.8) is 0 Å². The number of pyridine rings is 1. The molecular weight excluding hydrogens is 302 g/mol. The number of carbonyl (C=O) groups excluding carboxylic acids is 1. The third kappa shape index (κ3) is 4.11. The van der Waals surface area contributed by atoms with E-state index in [1.807, 2.05) is 32.0 Å². The van der Waals surface area contributed by atoms with Gasteiger partial charge in [0.25, 0.3) is 5.91 Å². The van der Waals surface area contributed by atoms with Gasteiger partial charge in [0.05, 0.1) is 18.7 Å². The summed E-state index contributed by atoms with van der Waals surface area (Å²) in [6.45, 7) is 5.01. The summed E-state index contributed by atoms with van der Waals surface area (Å²) in [7, 11) is 1.52. The number of ether oxygens (including phenoxy) is 1. The Labute approximate surface area is 142 Å². The number of nitriles is 1. The van der Waals surface area contributed by atoms with Gasteiger partial charge in [-0.2, -0.15) is 5.26 Å². The first-order chi connectivity index (χ1) is 11.6. The molecule has 0 N–H and O–H groups in total. The van der Waals surface area contributed by atoms with Crippen LogP contribution in [0.15, 0.2) is 36.4 Å². The van der Waals surface area contributed by atoms with Gasteiger partial charge in [-0.15, -0.1) is 0 Å². The molecule has 0 saturated heterocycles. The van der Waals surface area contributed by atoms with Crippen molar-refractivity contribution in [2.45, 2.75) is 26.8 Å². The van der Waals surface area contributed by atoms with Crippen molar-refractivity contribution in [2.75, 3.05) is 13.7 Å². The molecule has 1 aromatic heterocycles. The number of methoxy groups -OCH3 is 1. The number of carbonyl (C=O) groups is 1. The fourth-order valence-electron chi connectivity index (χ4n) is 2.45. The molecule has 2 aromatic rings. The fraction of sp³-hybridized carbons (Fsp3) is 0.316. The van der Waals surface area contributed by atoms with Gasteiger partial charge in [-0.05, 0) is 43.2 Å². The van der Waals surface area contributed by atoms with Gasteiger partial charge in [0, 0.05) is 18.8 Å². The highest BCUT2D eigenvalue weighted by atomic mass is 16.5. The lowest BCUT2D eigenvalue weighted by Gasteiger charge is -2.23. The predicted octanol–water partition coefficient (Wildman–Crippen LogP) is 3.32. The SMILES string of the molecule is CCCN(Cc1ccc(C#N)cc1)C(=O)c1ccc(C)nc1OC. The van der Waals surface area contributed by atoms with Crippen LogP contribution in [0.5, 0.6) is 5.88 Å². The normalized spacial score (nSPS) is 10.1. The quantitative estimate of drug-likeness (QED) is 0.818. The second kappa shape index (κ2) is 8.11. The maximum absolute atomic E-state index is 12.9. The number of hydrogen-bond acceptors (Lipinski definition) is 4. The van der Waals surface area contributed by atoms with Crippen LogP contribution in [-0.4, -0.2) is 29.4 Å². The topological polar surface area (TPSA) is 66.2 Å². The molecule has 5 nitrogen and oxygen atoms in total. The van der Waals surface area contributed by atoms with Crippen LogP contribution in [0.3, 0.4) is 0 Å². The largest absolute Gasteiger partial charge is 0.480 e. The van der Waals surface area contributed by atoms with E-state index in [4.69, 9.17) is 10.00 Å². The Kier molecular flexibility index (Phi) is 5.91. The van der Waals surface area contributed by atoms with Gasteiger partial charge >= 0.3 is 0 Å². The van der Waals surface area contributed by atoms with Crippen LogP contribution in [-0.2, 0) is 6.54 Å². The van der Waals surface area contributed by atoms with Gasteiger partial charge < -0.3 is 9.64 Å². The van der Waals surface area contributed by atoms with Crippen LogP contribution in [0.25, 0.3) is 0 Å². The van der Waals surface area contributed by atoms with Crippen molar-refractivity contribution in [1.29, 1.82) is 5.26 Å². The molecule has 0 aliphatic heterocycles. The first kappa shape index (κ1) is 17.5. The van der Waals surface area contributed by atoms with E-state index in [0.29, 0.717) is 30.1 Å². The number of aromatic nitrogens is 1. The molecule has 0 aliphatic rings. The molecule has 0 aliphatic carbocycles. The maximum atomic E-state index is 12.9. The summed E-state index contributed by atoms with van der Waals surface area (Å²) in [5, 5.41) is 8.88. The molecule has 1 amide bonds. The summed E-state index contributed by atoms with van der Waals surface area (Å²) >= 11 is 0. The number of aryl methyl sites for hydroxylation is 1. The lowest BCUT2D eigenvalue weighted by molar-refractivity contribution is 0.0739. The minimum Gasteiger partial charge on any atom is -0.480 e. The lowest BCUT2D eigenvalue weighted by atomic mass is 10.1. The summed E-state index contributed by atoms with van der Waals surface area (Å²) in [5.41, 5.74) is 2.86. The van der Waals surface area contributed by atoms with E-state index in [0.717, 1.165) is 17.7 Å². The Morgan fingerprint density at radius 2 is 1.96 bits per heavy atom. The van der Waals surface area contributed by atoms with Gasteiger partial charge in [0.15, 0.2) is 0 Å². The first-order valence-electron chi connectivity index (χ1n) is 7.89. The molecule has 0 radical (unpaired) electrons. The van der Waals surface area contributed by atoms with Gasteiger partial charge in [0.1, 0.15) is 5.56 Å². The summed E-state index contributed by atoms with van der Waals surface area (Å²) in [6, 6.07) is 12.9. The average molecular weight is 323 g/mol. The Morgan fingerprint density at radius 3 is 2.54 bits per heavy atom. The Bertz CT molecular complexity index is 748. The van der Waals surface area contributed by atoms with Crippen LogP contribution in [0, 0.1) is 18.3 Å². The minimum atomic E-state index is -0.106. The highest BCUT2D eigenvalue weighted by Crippen LogP contribution is 2.19. The number of rotatable bonds is 6. The van der Waals surface area contributed by atoms with Gasteiger partial charge in [-0.1, -0.05) is 19.1 Å². The van der Waals surface area contributed by atoms with Crippen molar-refractivity contribution in [3.05, 3.63) is 58.8 Å². The Morgan fingerprint density at radius 1 is 1.25 bits per heavy atom. The molecule has 0 unspecified atom stereocenters. The summed E-state index contributed by atoms with van der Waals surface area (Å²) < 4.78 is 5.26. The molecule has 0 spiro atoms. The highest BCUT2D eigenvalue weighted by molar-refractivity contribution is 5.96. The molecule has 1 heterocycles. The zero-order chi connectivity index (χ0) is 17.5. The van der Waals surface area contributed by atoms with Crippen LogP contribution < -0.4 is 4.74 Å². The molecule has 0 atom stereocenters. The number of amides is 1. The zero-order valence-electron chi connectivity index (χ0n) is 14.2. The monoisotopic (exact) mass is 323 g/mol. The van der Waals surface area contributed by atoms with Crippen LogP contribution in [0.1, 0.15) is 40.5 Å². The zero-order valence-corrected chi connectivity index (χ0v) is 14.2. The standard InChI is InChI=1S/C19H21N3O2/c1-4-11-22(13-16-8-6-15(12-20)7-9-16)19(23)17-10-5-14(2)21-18(17)24-3/h5-10H,4,11,13H2,1-3H3. The molecule has 1 aromatic carbocycles. The van der Waals surface area contributed by atoms with E-state index >= 15 is 0 Å². The molecule has 2 rings (SSSR count). The lowest BCUT2D eigenvalue weighted by Crippen LogP contribution is -2.31. The smallest absolute Gasteiger partial charge is 0.259 e. The molecular formula is C19H21N3O2. The van der Waals surface area contributed by atoms with Crippen molar-refractivity contribution in [1.82, 2.24) is 9.88 Å². The van der Waals surface area contributed by atoms with E-state index < -0.39 is 0 Å². The predicted molar refractivity (Wildman–Crippen MR) is 91.7 cm³/mol. The number of benzene rings is 1. The second-order valence-electron chi connectivity index (χ2n) is 5.54. The Balaban J connectivity index is 2.26. The molecule has 124 valence electrons. The van der Waals surface area contributed by atoms with E-state index in [-0.39, 0.29) is 5.91 Å². The average Bonchev–Trinajstić information content (AvgIpc) is 2.61. The van der Waals surface area contributed by atoms with E-state index in [9.17, 15) is 4.79 Å². The number of hydrogen-bond donors (Lipinski definition) is 0. The third-order valence-electron chi connectivity index (χ3n) is 3.66. The van der Waals surface area contributed by atoms with Crippen LogP contribution in [0.2, 0.25) is 0 Å². The van der Waals surface area contributed by atoms with Gasteiger partial charge in [-0.25, -0.2) is 4.98 Å². The molecule has 5 heteroatoms. The van der Waals surface area contributed by atoms with Crippen LogP contribution in [0.4, 0.5) is 0 Å². The summed E-state index contributed by atoms with van der Waals surface area (Å²) in [4.78, 5) is 19.0. The van der Waals surface area contributed by atoms with E-state index in [1.54, 1.807) is 23.1 Å². The Hall–Kier alpha value is -2.87. The van der Waals surface area contributed by atoms with Crippen molar-refractivity contribution >= 4 is 5.91 Å². The fourth-order valence-corrected chi connectivity index (χ4v) is 2.45. The van der Waals surface area contributed by atoms with Gasteiger partial charge in [0.2, 0.25) is 5.88 Å². The highest BCUT2D eigenvalue weighted by Gasteiger charge is 2.20. The number of nitrogens with zero attached hydrogens (tertiary/aromatic N) is 3. The van der Waals surface area contributed by atoms with E-state index in [2.05, 4.69) is 11.1 Å².